The van der Waals surface area contributed by atoms with E-state index in [-0.39, 0.29) is 34.6 Å². The predicted molar refractivity (Wildman–Crippen MR) is 112 cm³/mol. The lowest BCUT2D eigenvalue weighted by molar-refractivity contribution is -0.136. The number of hydrogen-bond acceptors (Lipinski definition) is 5. The summed E-state index contributed by atoms with van der Waals surface area (Å²) in [6.45, 7) is 1.73. The average molecular weight is 424 g/mol. The third-order valence-corrected chi connectivity index (χ3v) is 6.54. The van der Waals surface area contributed by atoms with Gasteiger partial charge < -0.3 is 9.88 Å². The van der Waals surface area contributed by atoms with Crippen LogP contribution in [0, 0.1) is 11.7 Å². The van der Waals surface area contributed by atoms with Crippen molar-refractivity contribution < 1.29 is 9.18 Å². The maximum absolute atomic E-state index is 13.2. The van der Waals surface area contributed by atoms with Crippen LogP contribution < -0.4 is 5.56 Å². The van der Waals surface area contributed by atoms with Gasteiger partial charge in [-0.2, -0.15) is 0 Å². The van der Waals surface area contributed by atoms with E-state index in [1.807, 2.05) is 4.90 Å². The molecule has 9 heteroatoms. The summed E-state index contributed by atoms with van der Waals surface area (Å²) < 4.78 is 14.7. The summed E-state index contributed by atoms with van der Waals surface area (Å²) in [7, 11) is 0. The lowest BCUT2D eigenvalue weighted by atomic mass is 9.94. The number of nitrogens with zero attached hydrogens (tertiary/aromatic N) is 5. The van der Waals surface area contributed by atoms with E-state index in [0.29, 0.717) is 31.1 Å². The Hall–Kier alpha value is -3.10. The van der Waals surface area contributed by atoms with E-state index in [1.54, 1.807) is 16.8 Å². The molecule has 1 amide bonds. The zero-order valence-electron chi connectivity index (χ0n) is 17.3. The number of halogens is 1. The van der Waals surface area contributed by atoms with Crippen LogP contribution in [0.25, 0.3) is 11.2 Å². The van der Waals surface area contributed by atoms with Crippen LogP contribution in [0.15, 0.2) is 29.1 Å². The molecule has 0 atom stereocenters. The molecule has 8 nitrogen and oxygen atoms in total. The van der Waals surface area contributed by atoms with Gasteiger partial charge in [-0.3, -0.25) is 9.59 Å². The summed E-state index contributed by atoms with van der Waals surface area (Å²) in [4.78, 5) is 34.8. The maximum atomic E-state index is 13.2. The number of H-pyrrole nitrogens is 1. The summed E-state index contributed by atoms with van der Waals surface area (Å²) in [6, 6.07) is 6.13. The van der Waals surface area contributed by atoms with Crippen LogP contribution >= 0.6 is 0 Å². The number of carbonyl (C=O) groups is 1. The highest BCUT2D eigenvalue weighted by molar-refractivity contribution is 5.79. The third kappa shape index (κ3) is 3.96. The molecule has 3 aromatic rings. The molecule has 1 aliphatic heterocycles. The second-order valence-corrected chi connectivity index (χ2v) is 8.58. The Kier molecular flexibility index (Phi) is 5.25. The number of piperidine rings is 1. The van der Waals surface area contributed by atoms with E-state index in [1.165, 1.54) is 12.1 Å². The molecule has 1 aromatic carbocycles. The highest BCUT2D eigenvalue weighted by atomic mass is 19.1. The van der Waals surface area contributed by atoms with Gasteiger partial charge in [-0.15, -0.1) is 5.10 Å². The summed E-state index contributed by atoms with van der Waals surface area (Å²) >= 11 is 0. The van der Waals surface area contributed by atoms with Crippen molar-refractivity contribution >= 4 is 17.1 Å². The van der Waals surface area contributed by atoms with Gasteiger partial charge in [0.2, 0.25) is 5.91 Å². The largest absolute Gasteiger partial charge is 0.342 e. The molecule has 2 fully saturated rings. The number of carbonyl (C=O) groups excluding carboxylic acids is 1. The lowest BCUT2D eigenvalue weighted by Gasteiger charge is -2.33. The van der Waals surface area contributed by atoms with Crippen molar-refractivity contribution in [2.24, 2.45) is 5.92 Å². The van der Waals surface area contributed by atoms with E-state index < -0.39 is 0 Å². The molecule has 0 bridgehead atoms. The Balaban J connectivity index is 1.34. The number of benzene rings is 1. The Morgan fingerprint density at radius 3 is 2.52 bits per heavy atom. The first-order chi connectivity index (χ1) is 15.1. The van der Waals surface area contributed by atoms with Gasteiger partial charge >= 0.3 is 0 Å². The minimum atomic E-state index is -0.310. The zero-order chi connectivity index (χ0) is 21.4. The molecule has 2 aromatic heterocycles. The average Bonchev–Trinajstić information content (AvgIpc) is 3.46. The Bertz CT molecular complexity index is 1140. The number of amides is 1. The first kappa shape index (κ1) is 19.8. The summed E-state index contributed by atoms with van der Waals surface area (Å²) in [5, 5.41) is 8.05. The normalized spacial score (nSPS) is 18.2. The standard InChI is InChI=1S/C22H25FN6O2/c23-17-7-5-14(6-8-17)13-29-20-18(26-27-29)21(30)25-19(24-20)15-9-11-28(12-10-15)22(31)16-3-1-2-4-16/h5-8,15-16H,1-4,9-13H2,(H,24,25,30). The molecule has 5 rings (SSSR count). The number of fused-ring (bicyclic) bond motifs is 1. The van der Waals surface area contributed by atoms with Gasteiger partial charge in [-0.25, -0.2) is 14.1 Å². The molecule has 1 saturated carbocycles. The van der Waals surface area contributed by atoms with Crippen molar-refractivity contribution in [3.05, 3.63) is 51.8 Å². The number of likely N-dealkylation sites (tertiary alicyclic amines) is 1. The summed E-state index contributed by atoms with van der Waals surface area (Å²) in [5.41, 5.74) is 1.15. The highest BCUT2D eigenvalue weighted by Gasteiger charge is 2.31. The van der Waals surface area contributed by atoms with E-state index >= 15 is 0 Å². The molecule has 1 aliphatic carbocycles. The first-order valence-electron chi connectivity index (χ1n) is 10.9. The van der Waals surface area contributed by atoms with Crippen LogP contribution in [-0.2, 0) is 11.3 Å². The fourth-order valence-electron chi connectivity index (χ4n) is 4.75. The maximum Gasteiger partial charge on any atom is 0.281 e. The fourth-order valence-corrected chi connectivity index (χ4v) is 4.75. The van der Waals surface area contributed by atoms with E-state index in [2.05, 4.69) is 20.3 Å². The van der Waals surface area contributed by atoms with Crippen LogP contribution in [0.5, 0.6) is 0 Å². The first-order valence-corrected chi connectivity index (χ1v) is 10.9. The van der Waals surface area contributed by atoms with Crippen LogP contribution in [0.3, 0.4) is 0 Å². The SMILES string of the molecule is O=C(C1CCCC1)N1CCC(c2nc3c(nnn3Cc3ccc(F)cc3)c(=O)[nH]2)CC1. The van der Waals surface area contributed by atoms with Gasteiger partial charge in [-0.1, -0.05) is 30.2 Å². The van der Waals surface area contributed by atoms with Gasteiger partial charge in [0, 0.05) is 24.9 Å². The Morgan fingerprint density at radius 2 is 1.81 bits per heavy atom. The number of rotatable bonds is 4. The molecule has 162 valence electrons. The number of hydrogen-bond donors (Lipinski definition) is 1. The van der Waals surface area contributed by atoms with Gasteiger partial charge in [0.25, 0.3) is 5.56 Å². The molecular formula is C22H25FN6O2. The Morgan fingerprint density at radius 1 is 1.10 bits per heavy atom. The van der Waals surface area contributed by atoms with Crippen molar-refractivity contribution in [3.8, 4) is 0 Å². The number of aromatic amines is 1. The third-order valence-electron chi connectivity index (χ3n) is 6.54. The summed E-state index contributed by atoms with van der Waals surface area (Å²) in [6.07, 6.45) is 5.86. The molecule has 31 heavy (non-hydrogen) atoms. The molecule has 0 radical (unpaired) electrons. The van der Waals surface area contributed by atoms with Gasteiger partial charge in [0.15, 0.2) is 11.2 Å². The Labute approximate surface area is 178 Å². The topological polar surface area (TPSA) is 96.8 Å². The van der Waals surface area contributed by atoms with E-state index in [9.17, 15) is 14.0 Å². The predicted octanol–water partition coefficient (Wildman–Crippen LogP) is 2.60. The lowest BCUT2D eigenvalue weighted by Crippen LogP contribution is -2.41. The second kappa shape index (κ2) is 8.20. The molecule has 1 saturated heterocycles. The smallest absolute Gasteiger partial charge is 0.281 e. The quantitative estimate of drug-likeness (QED) is 0.694. The number of nitrogens with one attached hydrogen (secondary N) is 1. The van der Waals surface area contributed by atoms with Crippen LogP contribution in [0.1, 0.15) is 55.8 Å². The van der Waals surface area contributed by atoms with Gasteiger partial charge in [-0.05, 0) is 43.4 Å². The van der Waals surface area contributed by atoms with Crippen LogP contribution in [-0.4, -0.2) is 48.9 Å². The molecule has 3 heterocycles. The van der Waals surface area contributed by atoms with Crippen LogP contribution in [0.4, 0.5) is 4.39 Å². The van der Waals surface area contributed by atoms with Crippen molar-refractivity contribution in [1.29, 1.82) is 0 Å². The molecule has 0 spiro atoms. The number of aromatic nitrogens is 5. The molecular weight excluding hydrogens is 399 g/mol. The van der Waals surface area contributed by atoms with Gasteiger partial charge in [0.1, 0.15) is 11.6 Å². The van der Waals surface area contributed by atoms with Crippen molar-refractivity contribution in [3.63, 3.8) is 0 Å². The zero-order valence-corrected chi connectivity index (χ0v) is 17.3. The highest BCUT2D eigenvalue weighted by Crippen LogP contribution is 2.30. The summed E-state index contributed by atoms with van der Waals surface area (Å²) in [5.74, 6) is 0.876. The molecule has 0 unspecified atom stereocenters. The van der Waals surface area contributed by atoms with E-state index in [0.717, 1.165) is 44.1 Å². The minimum absolute atomic E-state index is 0.0823. The van der Waals surface area contributed by atoms with Crippen molar-refractivity contribution in [1.82, 2.24) is 29.9 Å². The molecule has 1 N–H and O–H groups in total. The van der Waals surface area contributed by atoms with Crippen molar-refractivity contribution in [2.45, 2.75) is 51.0 Å². The van der Waals surface area contributed by atoms with Crippen molar-refractivity contribution in [2.75, 3.05) is 13.1 Å². The monoisotopic (exact) mass is 424 g/mol. The minimum Gasteiger partial charge on any atom is -0.342 e. The van der Waals surface area contributed by atoms with Gasteiger partial charge in [0.05, 0.1) is 6.54 Å². The second-order valence-electron chi connectivity index (χ2n) is 8.58. The fraction of sp³-hybridized carbons (Fsp3) is 0.500. The van der Waals surface area contributed by atoms with E-state index in [4.69, 9.17) is 0 Å². The van der Waals surface area contributed by atoms with Crippen LogP contribution in [0.2, 0.25) is 0 Å². The molecule has 2 aliphatic rings.